The van der Waals surface area contributed by atoms with Gasteiger partial charge in [-0.1, -0.05) is 18.2 Å². The van der Waals surface area contributed by atoms with Gasteiger partial charge in [0.05, 0.1) is 12.7 Å². The van der Waals surface area contributed by atoms with Crippen molar-refractivity contribution in [2.24, 2.45) is 0 Å². The molecule has 6 heteroatoms. The Hall–Kier alpha value is -1.47. The molecule has 2 N–H and O–H groups in total. The van der Waals surface area contributed by atoms with E-state index in [1.165, 1.54) is 16.7 Å². The number of nitrogens with one attached hydrogen (secondary N) is 2. The van der Waals surface area contributed by atoms with Crippen molar-refractivity contribution in [1.29, 1.82) is 0 Å². The Kier molecular flexibility index (Phi) is 8.70. The molecule has 1 aromatic rings. The lowest BCUT2D eigenvalue weighted by molar-refractivity contribution is -0.138. The molecule has 27 heavy (non-hydrogen) atoms. The zero-order chi connectivity index (χ0) is 19.7. The highest BCUT2D eigenvalue weighted by atomic mass is 16.5. The van der Waals surface area contributed by atoms with Gasteiger partial charge in [0.15, 0.2) is 0 Å². The zero-order valence-electron chi connectivity index (χ0n) is 17.2. The van der Waals surface area contributed by atoms with Crippen molar-refractivity contribution in [2.75, 3.05) is 45.9 Å². The summed E-state index contributed by atoms with van der Waals surface area (Å²) >= 11 is 0. The summed E-state index contributed by atoms with van der Waals surface area (Å²) < 4.78 is 10.4. The lowest BCUT2D eigenvalue weighted by Crippen LogP contribution is -2.43. The average Bonchev–Trinajstić information content (AvgIpc) is 2.64. The van der Waals surface area contributed by atoms with Crippen LogP contribution in [-0.2, 0) is 20.8 Å². The molecule has 2 aliphatic rings. The third kappa shape index (κ3) is 7.97. The largest absolute Gasteiger partial charge is 0.462 e. The molecule has 2 fully saturated rings. The Labute approximate surface area is 163 Å². The Morgan fingerprint density at radius 3 is 2.48 bits per heavy atom. The first-order valence-corrected chi connectivity index (χ1v) is 9.85. The quantitative estimate of drug-likeness (QED) is 0.783. The van der Waals surface area contributed by atoms with E-state index in [4.69, 9.17) is 4.74 Å². The van der Waals surface area contributed by atoms with Gasteiger partial charge < -0.3 is 20.1 Å². The van der Waals surface area contributed by atoms with Crippen LogP contribution in [0.5, 0.6) is 0 Å². The normalized spacial score (nSPS) is 21.1. The van der Waals surface area contributed by atoms with Crippen LogP contribution >= 0.6 is 0 Å². The highest BCUT2D eigenvalue weighted by Gasteiger charge is 2.17. The van der Waals surface area contributed by atoms with Gasteiger partial charge in [0, 0.05) is 45.8 Å². The van der Waals surface area contributed by atoms with Crippen LogP contribution in [0.2, 0.25) is 0 Å². The number of piperazine rings is 1. The first-order chi connectivity index (χ1) is 12.9. The van der Waals surface area contributed by atoms with E-state index in [1.54, 1.807) is 0 Å². The number of hydrogen-bond donors (Lipinski definition) is 2. The van der Waals surface area contributed by atoms with Crippen LogP contribution in [0.15, 0.2) is 18.2 Å². The lowest BCUT2D eigenvalue weighted by atomic mass is 10.0. The first-order valence-electron chi connectivity index (χ1n) is 9.85. The number of nitrogens with zero attached hydrogens (tertiary/aromatic N) is 1. The minimum absolute atomic E-state index is 0.218. The molecule has 0 bridgehead atoms. The number of rotatable bonds is 4. The zero-order valence-corrected chi connectivity index (χ0v) is 17.2. The van der Waals surface area contributed by atoms with E-state index < -0.39 is 0 Å². The van der Waals surface area contributed by atoms with E-state index in [2.05, 4.69) is 45.4 Å². The average molecular weight is 378 g/mol. The van der Waals surface area contributed by atoms with Crippen molar-refractivity contribution in [3.05, 3.63) is 34.9 Å². The molecule has 0 amide bonds. The van der Waals surface area contributed by atoms with Gasteiger partial charge in [-0.25, -0.2) is 0 Å². The molecule has 1 atom stereocenters. The summed E-state index contributed by atoms with van der Waals surface area (Å²) in [5.74, 6) is 0. The molecule has 152 valence electrons. The second-order valence-corrected chi connectivity index (χ2v) is 8.10. The van der Waals surface area contributed by atoms with Crippen molar-refractivity contribution in [1.82, 2.24) is 15.5 Å². The summed E-state index contributed by atoms with van der Waals surface area (Å²) in [5.41, 5.74) is 3.82. The molecule has 0 spiro atoms. The van der Waals surface area contributed by atoms with E-state index >= 15 is 0 Å². The second-order valence-electron chi connectivity index (χ2n) is 8.10. The maximum absolute atomic E-state index is 9.60. The summed E-state index contributed by atoms with van der Waals surface area (Å²) in [7, 11) is 0. The van der Waals surface area contributed by atoms with E-state index in [0.29, 0.717) is 6.47 Å². The van der Waals surface area contributed by atoms with Gasteiger partial charge in [-0.15, -0.1) is 0 Å². The van der Waals surface area contributed by atoms with Gasteiger partial charge in [-0.05, 0) is 44.4 Å². The topological polar surface area (TPSA) is 62.8 Å². The number of hydrogen-bond acceptors (Lipinski definition) is 6. The Bertz CT molecular complexity index is 575. The van der Waals surface area contributed by atoms with Gasteiger partial charge in [0.2, 0.25) is 0 Å². The van der Waals surface area contributed by atoms with Gasteiger partial charge in [-0.3, -0.25) is 9.69 Å². The maximum Gasteiger partial charge on any atom is 0.293 e. The second kappa shape index (κ2) is 10.8. The van der Waals surface area contributed by atoms with Gasteiger partial charge in [0.25, 0.3) is 6.47 Å². The molecule has 0 aliphatic carbocycles. The summed E-state index contributed by atoms with van der Waals surface area (Å²) in [6.07, 6.45) is 0.218. The lowest BCUT2D eigenvalue weighted by Gasteiger charge is -2.28. The van der Waals surface area contributed by atoms with E-state index in [1.807, 2.05) is 20.8 Å². The third-order valence-corrected chi connectivity index (χ3v) is 4.67. The number of ether oxygens (including phenoxy) is 2. The van der Waals surface area contributed by atoms with Crippen LogP contribution in [0.3, 0.4) is 0 Å². The smallest absolute Gasteiger partial charge is 0.293 e. The van der Waals surface area contributed by atoms with Gasteiger partial charge >= 0.3 is 0 Å². The first kappa shape index (κ1) is 21.8. The summed E-state index contributed by atoms with van der Waals surface area (Å²) in [6.45, 7) is 16.4. The van der Waals surface area contributed by atoms with E-state index in [9.17, 15) is 4.79 Å². The Morgan fingerprint density at radius 2 is 1.96 bits per heavy atom. The monoisotopic (exact) mass is 377 g/mol. The van der Waals surface area contributed by atoms with Crippen LogP contribution in [0.4, 0.5) is 0 Å². The summed E-state index contributed by atoms with van der Waals surface area (Å²) in [4.78, 5) is 12.1. The number of benzene rings is 1. The standard InChI is InChI=1S/C16H25N3O.C5H10O2/c1-13-10-14(16-11-18-6-9-20-16)2-3-15(13)12-19-7-4-17-5-8-19;1-5(2,3)7-4-6/h2-3,10,16-18H,4-9,11-12H2,1H3;4H,1-3H3. The van der Waals surface area contributed by atoms with Gasteiger partial charge in [-0.2, -0.15) is 0 Å². The van der Waals surface area contributed by atoms with Crippen molar-refractivity contribution in [3.63, 3.8) is 0 Å². The van der Waals surface area contributed by atoms with Crippen LogP contribution in [0, 0.1) is 6.92 Å². The van der Waals surface area contributed by atoms with Crippen molar-refractivity contribution < 1.29 is 14.3 Å². The molecule has 2 aliphatic heterocycles. The van der Waals surface area contributed by atoms with Crippen LogP contribution in [-0.4, -0.2) is 62.8 Å². The van der Waals surface area contributed by atoms with Crippen molar-refractivity contribution in [2.45, 2.75) is 45.9 Å². The predicted molar refractivity (Wildman–Crippen MR) is 108 cm³/mol. The van der Waals surface area contributed by atoms with Gasteiger partial charge in [0.1, 0.15) is 5.60 Å². The molecule has 0 saturated carbocycles. The van der Waals surface area contributed by atoms with E-state index in [0.717, 1.165) is 52.4 Å². The minimum atomic E-state index is -0.318. The van der Waals surface area contributed by atoms with Crippen LogP contribution in [0.1, 0.15) is 43.6 Å². The molecular formula is C21H35N3O3. The molecule has 2 heterocycles. The number of morpholine rings is 1. The summed E-state index contributed by atoms with van der Waals surface area (Å²) in [6, 6.07) is 6.82. The van der Waals surface area contributed by atoms with E-state index in [-0.39, 0.29) is 11.7 Å². The molecule has 0 radical (unpaired) electrons. The molecule has 6 nitrogen and oxygen atoms in total. The molecule has 3 rings (SSSR count). The fourth-order valence-electron chi connectivity index (χ4n) is 3.13. The summed E-state index contributed by atoms with van der Waals surface area (Å²) in [5, 5.41) is 6.79. The third-order valence-electron chi connectivity index (χ3n) is 4.67. The number of aryl methyl sites for hydroxylation is 1. The molecule has 0 aromatic heterocycles. The maximum atomic E-state index is 9.60. The van der Waals surface area contributed by atoms with Crippen molar-refractivity contribution in [3.8, 4) is 0 Å². The molecule has 2 saturated heterocycles. The Morgan fingerprint density at radius 1 is 1.22 bits per heavy atom. The molecular weight excluding hydrogens is 342 g/mol. The highest BCUT2D eigenvalue weighted by molar-refractivity contribution is 5.37. The SMILES string of the molecule is CC(C)(C)OC=O.Cc1cc(C2CNCCO2)ccc1CN1CCNCC1. The fourth-order valence-corrected chi connectivity index (χ4v) is 3.13. The van der Waals surface area contributed by atoms with Crippen molar-refractivity contribution >= 4 is 6.47 Å². The van der Waals surface area contributed by atoms with Crippen LogP contribution < -0.4 is 10.6 Å². The van der Waals surface area contributed by atoms with Crippen LogP contribution in [0.25, 0.3) is 0 Å². The highest BCUT2D eigenvalue weighted by Crippen LogP contribution is 2.22. The number of carbonyl (C=O) groups excluding carboxylic acids is 1. The molecule has 1 aromatic carbocycles. The Balaban J connectivity index is 0.000000321. The predicted octanol–water partition coefficient (Wildman–Crippen LogP) is 2.02. The minimum Gasteiger partial charge on any atom is -0.462 e. The molecule has 1 unspecified atom stereocenters. The number of carbonyl (C=O) groups is 1. The fraction of sp³-hybridized carbons (Fsp3) is 0.667.